The van der Waals surface area contributed by atoms with E-state index in [0.29, 0.717) is 0 Å². The number of likely N-dealkylation sites (tertiary alicyclic amines) is 1. The lowest BCUT2D eigenvalue weighted by atomic mass is 10.0. The van der Waals surface area contributed by atoms with Crippen molar-refractivity contribution >= 4 is 17.3 Å². The van der Waals surface area contributed by atoms with Crippen molar-refractivity contribution in [1.29, 1.82) is 0 Å². The topological polar surface area (TPSA) is 29.3 Å². The van der Waals surface area contributed by atoms with Crippen LogP contribution in [0.15, 0.2) is 18.2 Å². The lowest BCUT2D eigenvalue weighted by molar-refractivity contribution is 0.303. The van der Waals surface area contributed by atoms with E-state index in [0.717, 1.165) is 29.1 Å². The first-order valence-corrected chi connectivity index (χ1v) is 6.86. The second-order valence-electron chi connectivity index (χ2n) is 5.50. The fourth-order valence-corrected chi connectivity index (χ4v) is 3.64. The normalized spacial score (nSPS) is 28.5. The van der Waals surface area contributed by atoms with E-state index in [-0.39, 0.29) is 0 Å². The standard InChI is InChI=1S/C14H19ClN2/c15-14-6-13(16)5-4-12(14)9-17-7-10-2-1-3-11(10)8-17/h4-6,10-11H,1-3,7-9,16H2. The van der Waals surface area contributed by atoms with E-state index in [1.165, 1.54) is 37.9 Å². The molecule has 0 amide bonds. The summed E-state index contributed by atoms with van der Waals surface area (Å²) in [5.41, 5.74) is 7.67. The summed E-state index contributed by atoms with van der Waals surface area (Å²) in [4.78, 5) is 2.55. The van der Waals surface area contributed by atoms with Gasteiger partial charge in [0.15, 0.2) is 0 Å². The molecule has 2 atom stereocenters. The molecule has 0 bridgehead atoms. The Morgan fingerprint density at radius 2 is 1.94 bits per heavy atom. The van der Waals surface area contributed by atoms with E-state index < -0.39 is 0 Å². The van der Waals surface area contributed by atoms with Gasteiger partial charge in [0.1, 0.15) is 0 Å². The highest BCUT2D eigenvalue weighted by atomic mass is 35.5. The minimum atomic E-state index is 0.747. The van der Waals surface area contributed by atoms with Gasteiger partial charge in [-0.1, -0.05) is 24.1 Å². The number of nitrogens with zero attached hydrogens (tertiary/aromatic N) is 1. The van der Waals surface area contributed by atoms with E-state index in [4.69, 9.17) is 17.3 Å². The Labute approximate surface area is 108 Å². The van der Waals surface area contributed by atoms with Crippen molar-refractivity contribution in [3.63, 3.8) is 0 Å². The van der Waals surface area contributed by atoms with Gasteiger partial charge >= 0.3 is 0 Å². The predicted molar refractivity (Wildman–Crippen MR) is 72.0 cm³/mol. The summed E-state index contributed by atoms with van der Waals surface area (Å²) in [6.07, 6.45) is 4.29. The molecule has 17 heavy (non-hydrogen) atoms. The van der Waals surface area contributed by atoms with Gasteiger partial charge < -0.3 is 5.73 Å². The van der Waals surface area contributed by atoms with Crippen LogP contribution in [0.4, 0.5) is 5.69 Å². The number of benzene rings is 1. The van der Waals surface area contributed by atoms with Gasteiger partial charge in [0.2, 0.25) is 0 Å². The van der Waals surface area contributed by atoms with Gasteiger partial charge in [0, 0.05) is 30.3 Å². The summed E-state index contributed by atoms with van der Waals surface area (Å²) in [6.45, 7) is 3.49. The fourth-order valence-electron chi connectivity index (χ4n) is 3.39. The maximum absolute atomic E-state index is 6.22. The Morgan fingerprint density at radius 3 is 2.59 bits per heavy atom. The maximum Gasteiger partial charge on any atom is 0.0471 e. The highest BCUT2D eigenvalue weighted by Gasteiger charge is 2.35. The van der Waals surface area contributed by atoms with Crippen LogP contribution in [0, 0.1) is 11.8 Å². The predicted octanol–water partition coefficient (Wildman–Crippen LogP) is 3.15. The Hall–Kier alpha value is -0.730. The maximum atomic E-state index is 6.22. The number of fused-ring (bicyclic) bond motifs is 1. The van der Waals surface area contributed by atoms with Crippen molar-refractivity contribution in [3.05, 3.63) is 28.8 Å². The third-order valence-corrected chi connectivity index (χ3v) is 4.62. The van der Waals surface area contributed by atoms with Crippen LogP contribution in [-0.4, -0.2) is 18.0 Å². The van der Waals surface area contributed by atoms with Crippen molar-refractivity contribution in [2.24, 2.45) is 11.8 Å². The van der Waals surface area contributed by atoms with Gasteiger partial charge in [-0.25, -0.2) is 0 Å². The first kappa shape index (κ1) is 11.4. The average Bonchev–Trinajstić information content (AvgIpc) is 2.82. The van der Waals surface area contributed by atoms with Gasteiger partial charge in [-0.15, -0.1) is 0 Å². The number of hydrogen-bond donors (Lipinski definition) is 1. The average molecular weight is 251 g/mol. The second-order valence-corrected chi connectivity index (χ2v) is 5.90. The summed E-state index contributed by atoms with van der Waals surface area (Å²) in [5, 5.41) is 0.807. The number of halogens is 1. The molecular formula is C14H19ClN2. The van der Waals surface area contributed by atoms with Crippen LogP contribution < -0.4 is 5.73 Å². The molecule has 2 unspecified atom stereocenters. The molecule has 2 nitrogen and oxygen atoms in total. The first-order chi connectivity index (χ1) is 8.22. The number of anilines is 1. The van der Waals surface area contributed by atoms with E-state index in [1.54, 1.807) is 0 Å². The quantitative estimate of drug-likeness (QED) is 0.817. The molecule has 1 aromatic carbocycles. The summed E-state index contributed by atoms with van der Waals surface area (Å²) in [7, 11) is 0. The molecule has 1 saturated heterocycles. The molecule has 1 heterocycles. The van der Waals surface area contributed by atoms with Gasteiger partial charge in [-0.3, -0.25) is 4.90 Å². The van der Waals surface area contributed by atoms with E-state index in [2.05, 4.69) is 11.0 Å². The van der Waals surface area contributed by atoms with Crippen molar-refractivity contribution in [3.8, 4) is 0 Å². The molecule has 3 heteroatoms. The summed E-state index contributed by atoms with van der Waals surface area (Å²) in [5.74, 6) is 1.89. The zero-order chi connectivity index (χ0) is 11.8. The number of rotatable bonds is 2. The zero-order valence-corrected chi connectivity index (χ0v) is 10.8. The molecular weight excluding hydrogens is 232 g/mol. The SMILES string of the molecule is Nc1ccc(CN2CC3CCCC3C2)c(Cl)c1. The molecule has 1 aromatic rings. The van der Waals surface area contributed by atoms with Crippen LogP contribution >= 0.6 is 11.6 Å². The lowest BCUT2D eigenvalue weighted by Gasteiger charge is -2.17. The van der Waals surface area contributed by atoms with Crippen molar-refractivity contribution in [2.75, 3.05) is 18.8 Å². The first-order valence-electron chi connectivity index (χ1n) is 6.48. The van der Waals surface area contributed by atoms with Crippen LogP contribution in [0.3, 0.4) is 0 Å². The van der Waals surface area contributed by atoms with Crippen molar-refractivity contribution in [2.45, 2.75) is 25.8 Å². The fraction of sp³-hybridized carbons (Fsp3) is 0.571. The summed E-state index contributed by atoms with van der Waals surface area (Å²) < 4.78 is 0. The molecule has 1 aliphatic carbocycles. The highest BCUT2D eigenvalue weighted by Crippen LogP contribution is 2.38. The van der Waals surface area contributed by atoms with Crippen LogP contribution in [0.1, 0.15) is 24.8 Å². The Balaban J connectivity index is 1.67. The smallest absolute Gasteiger partial charge is 0.0471 e. The summed E-state index contributed by atoms with van der Waals surface area (Å²) >= 11 is 6.22. The molecule has 2 fully saturated rings. The third-order valence-electron chi connectivity index (χ3n) is 4.27. The van der Waals surface area contributed by atoms with Crippen LogP contribution in [-0.2, 0) is 6.54 Å². The number of nitrogens with two attached hydrogens (primary N) is 1. The monoisotopic (exact) mass is 250 g/mol. The third kappa shape index (κ3) is 2.29. The minimum absolute atomic E-state index is 0.747. The molecule has 1 aliphatic heterocycles. The Bertz CT molecular complexity index is 407. The molecule has 0 aromatic heterocycles. The molecule has 3 rings (SSSR count). The van der Waals surface area contributed by atoms with Crippen LogP contribution in [0.2, 0.25) is 5.02 Å². The largest absolute Gasteiger partial charge is 0.399 e. The van der Waals surface area contributed by atoms with Gasteiger partial charge in [-0.2, -0.15) is 0 Å². The van der Waals surface area contributed by atoms with Crippen LogP contribution in [0.25, 0.3) is 0 Å². The molecule has 2 aliphatic rings. The second kappa shape index (κ2) is 4.51. The van der Waals surface area contributed by atoms with Crippen molar-refractivity contribution in [1.82, 2.24) is 4.90 Å². The summed E-state index contributed by atoms with van der Waals surface area (Å²) in [6, 6.07) is 5.86. The van der Waals surface area contributed by atoms with E-state index in [9.17, 15) is 0 Å². The van der Waals surface area contributed by atoms with Crippen LogP contribution in [0.5, 0.6) is 0 Å². The molecule has 0 radical (unpaired) electrons. The molecule has 92 valence electrons. The van der Waals surface area contributed by atoms with Crippen molar-refractivity contribution < 1.29 is 0 Å². The molecule has 1 saturated carbocycles. The lowest BCUT2D eigenvalue weighted by Crippen LogP contribution is -2.21. The van der Waals surface area contributed by atoms with Gasteiger partial charge in [0.05, 0.1) is 0 Å². The molecule has 2 N–H and O–H groups in total. The van der Waals surface area contributed by atoms with Gasteiger partial charge in [0.25, 0.3) is 0 Å². The minimum Gasteiger partial charge on any atom is -0.399 e. The Kier molecular flexibility index (Phi) is 3.01. The number of nitrogen functional groups attached to an aromatic ring is 1. The van der Waals surface area contributed by atoms with E-state index >= 15 is 0 Å². The molecule has 0 spiro atoms. The Morgan fingerprint density at radius 1 is 1.24 bits per heavy atom. The zero-order valence-electron chi connectivity index (χ0n) is 10.0. The van der Waals surface area contributed by atoms with E-state index in [1.807, 2.05) is 12.1 Å². The number of hydrogen-bond acceptors (Lipinski definition) is 2. The van der Waals surface area contributed by atoms with Gasteiger partial charge in [-0.05, 0) is 42.4 Å². The highest BCUT2D eigenvalue weighted by molar-refractivity contribution is 6.31.